The van der Waals surface area contributed by atoms with Crippen molar-refractivity contribution in [2.45, 2.75) is 6.43 Å². The molecule has 6 nitrogen and oxygen atoms in total. The number of nitro groups is 1. The lowest BCUT2D eigenvalue weighted by atomic mass is 10.1. The summed E-state index contributed by atoms with van der Waals surface area (Å²) in [7, 11) is 0. The maximum Gasteiger partial charge on any atom is 0.298 e. The van der Waals surface area contributed by atoms with Crippen LogP contribution in [0.2, 0.25) is 0 Å². The fourth-order valence-corrected chi connectivity index (χ4v) is 1.20. The molecule has 0 bridgehead atoms. The SMILES string of the molecule is N#Cc1cc([N+](=O)[O-])c(C(F)F)nc1C(=O)Cl. The van der Waals surface area contributed by atoms with Gasteiger partial charge in [0.15, 0.2) is 5.69 Å². The molecule has 88 valence electrons. The van der Waals surface area contributed by atoms with Crippen molar-refractivity contribution in [3.63, 3.8) is 0 Å². The van der Waals surface area contributed by atoms with Crippen LogP contribution in [0.3, 0.4) is 0 Å². The van der Waals surface area contributed by atoms with Crippen LogP contribution in [-0.4, -0.2) is 15.1 Å². The van der Waals surface area contributed by atoms with Gasteiger partial charge in [-0.2, -0.15) is 5.26 Å². The van der Waals surface area contributed by atoms with Crippen molar-refractivity contribution in [1.29, 1.82) is 5.26 Å². The van der Waals surface area contributed by atoms with Crippen molar-refractivity contribution in [3.8, 4) is 6.07 Å². The highest BCUT2D eigenvalue weighted by atomic mass is 35.5. The van der Waals surface area contributed by atoms with Crippen LogP contribution in [0.4, 0.5) is 14.5 Å². The van der Waals surface area contributed by atoms with Crippen LogP contribution in [0.25, 0.3) is 0 Å². The summed E-state index contributed by atoms with van der Waals surface area (Å²) in [6, 6.07) is 1.97. The van der Waals surface area contributed by atoms with Crippen molar-refractivity contribution in [2.75, 3.05) is 0 Å². The number of carbonyl (C=O) groups is 1. The standard InChI is InChI=1S/C8H2ClF2N3O3/c9-7(15)5-3(2-12)1-4(14(16)17)6(13-5)8(10)11/h1,8H. The second kappa shape index (κ2) is 4.80. The van der Waals surface area contributed by atoms with Gasteiger partial charge < -0.3 is 0 Å². The van der Waals surface area contributed by atoms with Crippen molar-refractivity contribution < 1.29 is 18.5 Å². The zero-order valence-corrected chi connectivity index (χ0v) is 8.61. The third kappa shape index (κ3) is 2.51. The molecule has 0 fully saturated rings. The Labute approximate surface area is 97.6 Å². The van der Waals surface area contributed by atoms with Gasteiger partial charge in [0, 0.05) is 6.07 Å². The number of rotatable bonds is 3. The maximum atomic E-state index is 12.5. The van der Waals surface area contributed by atoms with Crippen LogP contribution in [-0.2, 0) is 0 Å². The van der Waals surface area contributed by atoms with Gasteiger partial charge in [0.25, 0.3) is 17.4 Å². The summed E-state index contributed by atoms with van der Waals surface area (Å²) in [5.74, 6) is 0. The van der Waals surface area contributed by atoms with Crippen LogP contribution in [0.5, 0.6) is 0 Å². The number of pyridine rings is 1. The van der Waals surface area contributed by atoms with Crippen molar-refractivity contribution in [1.82, 2.24) is 4.98 Å². The van der Waals surface area contributed by atoms with Gasteiger partial charge in [0.05, 0.1) is 10.5 Å². The van der Waals surface area contributed by atoms with Gasteiger partial charge in [-0.15, -0.1) is 0 Å². The Kier molecular flexibility index (Phi) is 3.65. The van der Waals surface area contributed by atoms with Gasteiger partial charge in [0.1, 0.15) is 11.8 Å². The van der Waals surface area contributed by atoms with E-state index in [0.29, 0.717) is 6.07 Å². The molecule has 0 amide bonds. The summed E-state index contributed by atoms with van der Waals surface area (Å²) in [4.78, 5) is 23.3. The maximum absolute atomic E-state index is 12.5. The minimum Gasteiger partial charge on any atom is -0.274 e. The van der Waals surface area contributed by atoms with E-state index in [1.54, 1.807) is 0 Å². The molecule has 0 radical (unpaired) electrons. The lowest BCUT2D eigenvalue weighted by Gasteiger charge is -2.03. The summed E-state index contributed by atoms with van der Waals surface area (Å²) in [6.45, 7) is 0. The molecular formula is C8H2ClF2N3O3. The molecular weight excluding hydrogens is 260 g/mol. The second-order valence-electron chi connectivity index (χ2n) is 2.73. The molecule has 9 heteroatoms. The van der Waals surface area contributed by atoms with Crippen LogP contribution in [0.15, 0.2) is 6.07 Å². The van der Waals surface area contributed by atoms with Crippen LogP contribution in [0.1, 0.15) is 28.2 Å². The first kappa shape index (κ1) is 12.9. The van der Waals surface area contributed by atoms with Crippen LogP contribution < -0.4 is 0 Å². The molecule has 1 aromatic rings. The molecule has 0 aliphatic rings. The third-order valence-corrected chi connectivity index (χ3v) is 1.92. The predicted molar refractivity (Wildman–Crippen MR) is 50.7 cm³/mol. The number of hydrogen-bond donors (Lipinski definition) is 0. The zero-order valence-electron chi connectivity index (χ0n) is 7.85. The van der Waals surface area contributed by atoms with Gasteiger partial charge in [0.2, 0.25) is 0 Å². The Morgan fingerprint density at radius 1 is 1.65 bits per heavy atom. The molecule has 0 aliphatic carbocycles. The van der Waals surface area contributed by atoms with E-state index in [9.17, 15) is 23.7 Å². The smallest absolute Gasteiger partial charge is 0.274 e. The number of hydrogen-bond acceptors (Lipinski definition) is 5. The summed E-state index contributed by atoms with van der Waals surface area (Å²) < 4.78 is 24.9. The quantitative estimate of drug-likeness (QED) is 0.472. The highest BCUT2D eigenvalue weighted by Gasteiger charge is 2.28. The predicted octanol–water partition coefficient (Wildman–Crippen LogP) is 2.18. The summed E-state index contributed by atoms with van der Waals surface area (Å²) >= 11 is 5.03. The average Bonchev–Trinajstić information content (AvgIpc) is 2.26. The van der Waals surface area contributed by atoms with E-state index in [-0.39, 0.29) is 0 Å². The molecule has 0 saturated heterocycles. The molecule has 1 heterocycles. The monoisotopic (exact) mass is 261 g/mol. The highest BCUT2D eigenvalue weighted by Crippen LogP contribution is 2.29. The number of nitriles is 1. The Bertz CT molecular complexity index is 542. The Hall–Kier alpha value is -2.14. The highest BCUT2D eigenvalue weighted by molar-refractivity contribution is 6.67. The average molecular weight is 262 g/mol. The van der Waals surface area contributed by atoms with Gasteiger partial charge in [-0.1, -0.05) is 0 Å². The fraction of sp³-hybridized carbons (Fsp3) is 0.125. The molecule has 0 unspecified atom stereocenters. The zero-order chi connectivity index (χ0) is 13.2. The van der Waals surface area contributed by atoms with Crippen LogP contribution in [0, 0.1) is 21.4 Å². The molecule has 17 heavy (non-hydrogen) atoms. The van der Waals surface area contributed by atoms with Crippen LogP contribution >= 0.6 is 11.6 Å². The molecule has 1 rings (SSSR count). The number of carbonyl (C=O) groups excluding carboxylic acids is 1. The molecule has 0 aromatic carbocycles. The van der Waals surface area contributed by atoms with Crippen molar-refractivity contribution in [3.05, 3.63) is 33.1 Å². The molecule has 0 aliphatic heterocycles. The topological polar surface area (TPSA) is 96.9 Å². The number of nitrogens with zero attached hydrogens (tertiary/aromatic N) is 3. The molecule has 0 atom stereocenters. The lowest BCUT2D eigenvalue weighted by Crippen LogP contribution is -2.07. The second-order valence-corrected chi connectivity index (χ2v) is 3.08. The molecule has 0 saturated carbocycles. The van der Waals surface area contributed by atoms with E-state index in [1.807, 2.05) is 0 Å². The minimum atomic E-state index is -3.25. The normalized spacial score (nSPS) is 10.1. The first-order valence-electron chi connectivity index (χ1n) is 3.96. The minimum absolute atomic E-state index is 0.527. The molecule has 0 N–H and O–H groups in total. The van der Waals surface area contributed by atoms with E-state index >= 15 is 0 Å². The van der Waals surface area contributed by atoms with E-state index in [0.717, 1.165) is 0 Å². The summed E-state index contributed by atoms with van der Waals surface area (Å²) in [5.41, 5.74) is -3.48. The van der Waals surface area contributed by atoms with E-state index in [1.165, 1.54) is 6.07 Å². The largest absolute Gasteiger partial charge is 0.298 e. The number of alkyl halides is 2. The number of aromatic nitrogens is 1. The fourth-order valence-electron chi connectivity index (χ4n) is 1.06. The summed E-state index contributed by atoms with van der Waals surface area (Å²) in [6.07, 6.45) is -3.25. The third-order valence-electron chi connectivity index (χ3n) is 1.74. The Morgan fingerprint density at radius 3 is 2.59 bits per heavy atom. The first-order valence-corrected chi connectivity index (χ1v) is 4.33. The van der Waals surface area contributed by atoms with Crippen molar-refractivity contribution in [2.24, 2.45) is 0 Å². The first-order chi connectivity index (χ1) is 7.88. The van der Waals surface area contributed by atoms with Gasteiger partial charge >= 0.3 is 0 Å². The Morgan fingerprint density at radius 2 is 2.24 bits per heavy atom. The molecule has 1 aromatic heterocycles. The van der Waals surface area contributed by atoms with Gasteiger partial charge in [-0.05, 0) is 11.6 Å². The van der Waals surface area contributed by atoms with Gasteiger partial charge in [-0.25, -0.2) is 13.8 Å². The van der Waals surface area contributed by atoms with E-state index in [2.05, 4.69) is 4.98 Å². The van der Waals surface area contributed by atoms with Gasteiger partial charge in [-0.3, -0.25) is 14.9 Å². The summed E-state index contributed by atoms with van der Waals surface area (Å²) in [5, 5.41) is 17.8. The van der Waals surface area contributed by atoms with Crippen molar-refractivity contribution >= 4 is 22.5 Å². The lowest BCUT2D eigenvalue weighted by molar-refractivity contribution is -0.386. The number of halogens is 3. The van der Waals surface area contributed by atoms with E-state index < -0.39 is 39.2 Å². The Balaban J connectivity index is 3.61. The van der Waals surface area contributed by atoms with E-state index in [4.69, 9.17) is 16.9 Å². The molecule has 0 spiro atoms.